The smallest absolute Gasteiger partial charge is 0.272 e. The summed E-state index contributed by atoms with van der Waals surface area (Å²) >= 11 is 3.11. The van der Waals surface area contributed by atoms with Crippen LogP contribution >= 0.6 is 15.9 Å². The van der Waals surface area contributed by atoms with Crippen molar-refractivity contribution in [2.24, 2.45) is 0 Å². The first-order chi connectivity index (χ1) is 10.1. The third-order valence-corrected chi connectivity index (χ3v) is 3.32. The van der Waals surface area contributed by atoms with E-state index in [9.17, 15) is 14.0 Å². The van der Waals surface area contributed by atoms with Crippen molar-refractivity contribution in [2.75, 3.05) is 5.32 Å². The largest absolute Gasteiger partial charge is 0.337 e. The lowest BCUT2D eigenvalue weighted by atomic mass is 10.1. The molecule has 0 aliphatic heterocycles. The number of hydrogen-bond donors (Lipinski definition) is 3. The number of anilines is 2. The Hall–Kier alpha value is -2.48. The fourth-order valence-corrected chi connectivity index (χ4v) is 2.27. The Morgan fingerprint density at radius 1 is 1.19 bits per heavy atom. The van der Waals surface area contributed by atoms with Crippen molar-refractivity contribution in [3.63, 3.8) is 0 Å². The number of H-pyrrole nitrogens is 2. The number of rotatable bonds is 2. The lowest BCUT2D eigenvalue weighted by Crippen LogP contribution is -2.19. The van der Waals surface area contributed by atoms with Gasteiger partial charge in [-0.1, -0.05) is 6.07 Å². The number of nitrogens with one attached hydrogen (secondary N) is 3. The Labute approximate surface area is 125 Å². The lowest BCUT2D eigenvalue weighted by molar-refractivity contribution is 0.625. The van der Waals surface area contributed by atoms with Gasteiger partial charge in [-0.15, -0.1) is 0 Å². The summed E-state index contributed by atoms with van der Waals surface area (Å²) in [5.41, 5.74) is -0.615. The fraction of sp³-hybridized carbons (Fsp3) is 0. The van der Waals surface area contributed by atoms with E-state index >= 15 is 0 Å². The molecule has 0 aliphatic carbocycles. The Kier molecular flexibility index (Phi) is 3.30. The predicted molar refractivity (Wildman–Crippen MR) is 80.4 cm³/mol. The molecule has 8 heteroatoms. The van der Waals surface area contributed by atoms with Crippen LogP contribution in [0.4, 0.5) is 15.9 Å². The zero-order chi connectivity index (χ0) is 15.0. The van der Waals surface area contributed by atoms with E-state index in [0.29, 0.717) is 10.2 Å². The first-order valence-electron chi connectivity index (χ1n) is 5.88. The Bertz CT molecular complexity index is 951. The van der Waals surface area contributed by atoms with Crippen molar-refractivity contribution in [3.8, 4) is 0 Å². The lowest BCUT2D eigenvalue weighted by Gasteiger charge is -2.08. The number of aromatic amines is 2. The summed E-state index contributed by atoms with van der Waals surface area (Å²) < 4.78 is 14.3. The molecule has 0 atom stereocenters. The van der Waals surface area contributed by atoms with Gasteiger partial charge in [-0.25, -0.2) is 9.37 Å². The number of benzene rings is 1. The topological polar surface area (TPSA) is 90.6 Å². The monoisotopic (exact) mass is 350 g/mol. The van der Waals surface area contributed by atoms with Gasteiger partial charge in [0.05, 0.1) is 16.5 Å². The highest BCUT2D eigenvalue weighted by molar-refractivity contribution is 9.10. The van der Waals surface area contributed by atoms with Crippen molar-refractivity contribution < 1.29 is 4.39 Å². The first-order valence-corrected chi connectivity index (χ1v) is 6.67. The van der Waals surface area contributed by atoms with Gasteiger partial charge in [0.1, 0.15) is 0 Å². The highest BCUT2D eigenvalue weighted by Crippen LogP contribution is 2.23. The molecule has 0 spiro atoms. The van der Waals surface area contributed by atoms with Gasteiger partial charge in [-0.05, 0) is 34.1 Å². The van der Waals surface area contributed by atoms with Crippen LogP contribution in [-0.2, 0) is 0 Å². The average molecular weight is 351 g/mol. The average Bonchev–Trinajstić information content (AvgIpc) is 2.46. The molecule has 6 nitrogen and oxygen atoms in total. The maximum atomic E-state index is 13.8. The molecule has 0 unspecified atom stereocenters. The normalized spacial score (nSPS) is 10.8. The number of pyridine rings is 1. The number of fused-ring (bicyclic) bond motifs is 1. The molecule has 0 saturated carbocycles. The van der Waals surface area contributed by atoms with Crippen molar-refractivity contribution in [2.45, 2.75) is 0 Å². The van der Waals surface area contributed by atoms with E-state index in [0.717, 1.165) is 0 Å². The quantitative estimate of drug-likeness (QED) is 0.661. The first kappa shape index (κ1) is 13.5. The van der Waals surface area contributed by atoms with E-state index in [1.165, 1.54) is 18.3 Å². The van der Waals surface area contributed by atoms with Gasteiger partial charge in [-0.3, -0.25) is 19.8 Å². The second-order valence-corrected chi connectivity index (χ2v) is 5.16. The Balaban J connectivity index is 2.20. The molecule has 106 valence electrons. The second kappa shape index (κ2) is 5.13. The minimum Gasteiger partial charge on any atom is -0.337 e. The maximum absolute atomic E-state index is 13.8. The molecule has 0 bridgehead atoms. The Morgan fingerprint density at radius 2 is 1.95 bits per heavy atom. The number of hydrogen-bond acceptors (Lipinski definition) is 4. The predicted octanol–water partition coefficient (Wildman–Crippen LogP) is 2.26. The Morgan fingerprint density at radius 3 is 2.71 bits per heavy atom. The third kappa shape index (κ3) is 2.45. The van der Waals surface area contributed by atoms with E-state index in [1.54, 1.807) is 12.1 Å². The molecule has 0 saturated heterocycles. The minimum absolute atomic E-state index is 0.0367. The van der Waals surface area contributed by atoms with Crippen molar-refractivity contribution in [3.05, 3.63) is 61.5 Å². The van der Waals surface area contributed by atoms with Crippen LogP contribution in [-0.4, -0.2) is 15.2 Å². The van der Waals surface area contributed by atoms with E-state index in [2.05, 4.69) is 36.4 Å². The van der Waals surface area contributed by atoms with E-state index in [-0.39, 0.29) is 16.6 Å². The summed E-state index contributed by atoms with van der Waals surface area (Å²) in [6.45, 7) is 0. The van der Waals surface area contributed by atoms with Crippen molar-refractivity contribution >= 4 is 38.2 Å². The summed E-state index contributed by atoms with van der Waals surface area (Å²) in [5, 5.41) is 7.56. The van der Waals surface area contributed by atoms with Gasteiger partial charge in [-0.2, -0.15) is 0 Å². The molecule has 2 aromatic heterocycles. The van der Waals surface area contributed by atoms with Gasteiger partial charge < -0.3 is 5.32 Å². The number of halogens is 2. The summed E-state index contributed by atoms with van der Waals surface area (Å²) in [7, 11) is 0. The van der Waals surface area contributed by atoms with Crippen LogP contribution in [0.3, 0.4) is 0 Å². The zero-order valence-corrected chi connectivity index (χ0v) is 12.0. The molecule has 0 radical (unpaired) electrons. The molecule has 3 rings (SSSR count). The molecule has 0 aliphatic rings. The summed E-state index contributed by atoms with van der Waals surface area (Å²) in [5.74, 6) is -0.618. The highest BCUT2D eigenvalue weighted by Gasteiger charge is 2.11. The van der Waals surface area contributed by atoms with Gasteiger partial charge >= 0.3 is 0 Å². The third-order valence-electron chi connectivity index (χ3n) is 2.89. The summed E-state index contributed by atoms with van der Waals surface area (Å²) in [6, 6.07) is 5.92. The van der Waals surface area contributed by atoms with Crippen LogP contribution in [0.5, 0.6) is 0 Å². The van der Waals surface area contributed by atoms with Crippen LogP contribution in [0.15, 0.2) is 44.5 Å². The highest BCUT2D eigenvalue weighted by atomic mass is 79.9. The molecule has 0 amide bonds. The van der Waals surface area contributed by atoms with Gasteiger partial charge in [0.25, 0.3) is 11.1 Å². The van der Waals surface area contributed by atoms with Crippen molar-refractivity contribution in [1.82, 2.24) is 15.2 Å². The van der Waals surface area contributed by atoms with Crippen LogP contribution in [0.1, 0.15) is 0 Å². The minimum atomic E-state index is -0.581. The molecular weight excluding hydrogens is 343 g/mol. The van der Waals surface area contributed by atoms with E-state index in [1.807, 2.05) is 0 Å². The molecule has 0 fully saturated rings. The fourth-order valence-electron chi connectivity index (χ4n) is 1.97. The van der Waals surface area contributed by atoms with E-state index < -0.39 is 16.9 Å². The molecule has 21 heavy (non-hydrogen) atoms. The molecule has 1 aromatic carbocycles. The van der Waals surface area contributed by atoms with Crippen LogP contribution in [0.2, 0.25) is 0 Å². The molecule has 3 N–H and O–H groups in total. The second-order valence-electron chi connectivity index (χ2n) is 4.25. The number of nitrogens with zero attached hydrogens (tertiary/aromatic N) is 1. The zero-order valence-electron chi connectivity index (χ0n) is 10.4. The standard InChI is InChI=1S/C13H8BrFN4O2/c14-6-4-8(15)11(16-5-6)17-9-3-1-2-7-10(9)13(21)19-18-12(7)20/h1-5H,(H,16,17)(H,18,20)(H,19,21). The van der Waals surface area contributed by atoms with E-state index in [4.69, 9.17) is 0 Å². The SMILES string of the molecule is O=c1[nH][nH]c(=O)c2c(Nc3ncc(Br)cc3F)cccc12. The molecular formula is C13H8BrFN4O2. The summed E-state index contributed by atoms with van der Waals surface area (Å²) in [4.78, 5) is 27.5. The number of aromatic nitrogens is 3. The summed E-state index contributed by atoms with van der Waals surface area (Å²) in [6.07, 6.45) is 1.42. The van der Waals surface area contributed by atoms with Crippen LogP contribution in [0.25, 0.3) is 10.8 Å². The maximum Gasteiger partial charge on any atom is 0.272 e. The van der Waals surface area contributed by atoms with Crippen LogP contribution in [0, 0.1) is 5.82 Å². The van der Waals surface area contributed by atoms with Crippen LogP contribution < -0.4 is 16.4 Å². The van der Waals surface area contributed by atoms with Gasteiger partial charge in [0.2, 0.25) is 0 Å². The van der Waals surface area contributed by atoms with Crippen molar-refractivity contribution in [1.29, 1.82) is 0 Å². The van der Waals surface area contributed by atoms with Gasteiger partial charge in [0.15, 0.2) is 11.6 Å². The molecule has 2 heterocycles. The van der Waals surface area contributed by atoms with Gasteiger partial charge in [0, 0.05) is 10.7 Å². The molecule has 3 aromatic rings.